The quantitative estimate of drug-likeness (QED) is 0.923. The fourth-order valence-electron chi connectivity index (χ4n) is 1.60. The molecule has 2 aromatic heterocycles. The first-order valence-electron chi connectivity index (χ1n) is 5.12. The highest BCUT2D eigenvalue weighted by molar-refractivity contribution is 5.90. The van der Waals surface area contributed by atoms with E-state index in [4.69, 9.17) is 5.73 Å². The molecule has 0 bridgehead atoms. The van der Waals surface area contributed by atoms with Crippen molar-refractivity contribution < 1.29 is 22.5 Å². The Kier molecular flexibility index (Phi) is 3.24. The number of rotatable bonds is 3. The minimum Gasteiger partial charge on any atom is -0.364 e. The van der Waals surface area contributed by atoms with Gasteiger partial charge in [0.05, 0.1) is 0 Å². The molecule has 2 rings (SSSR count). The molecule has 0 aliphatic carbocycles. The number of carbonyl (C=O) groups excluding carboxylic acids is 1. The lowest BCUT2D eigenvalue weighted by molar-refractivity contribution is -0.145. The minimum atomic E-state index is -4.60. The Bertz CT molecular complexity index is 580. The summed E-state index contributed by atoms with van der Waals surface area (Å²) in [6.45, 7) is 0. The van der Waals surface area contributed by atoms with E-state index in [9.17, 15) is 18.0 Å². The molecule has 1 unspecified atom stereocenters. The molecule has 0 saturated heterocycles. The van der Waals surface area contributed by atoms with E-state index < -0.39 is 23.8 Å². The number of amides is 1. The lowest BCUT2D eigenvalue weighted by Gasteiger charge is -2.17. The zero-order valence-electron chi connectivity index (χ0n) is 9.39. The lowest BCUT2D eigenvalue weighted by atomic mass is 9.97. The number of aromatic nitrogens is 2. The normalized spacial score (nSPS) is 13.2. The van der Waals surface area contributed by atoms with Crippen LogP contribution in [0.25, 0.3) is 0 Å². The second-order valence-electron chi connectivity index (χ2n) is 3.74. The van der Waals surface area contributed by atoms with Crippen molar-refractivity contribution in [3.05, 3.63) is 47.6 Å². The van der Waals surface area contributed by atoms with Crippen LogP contribution in [0.5, 0.6) is 0 Å². The van der Waals surface area contributed by atoms with Crippen LogP contribution in [0.4, 0.5) is 13.2 Å². The second-order valence-corrected chi connectivity index (χ2v) is 3.74. The van der Waals surface area contributed by atoms with E-state index >= 15 is 0 Å². The van der Waals surface area contributed by atoms with Crippen LogP contribution in [-0.2, 0) is 0 Å². The molecule has 100 valence electrons. The summed E-state index contributed by atoms with van der Waals surface area (Å²) in [5, 5.41) is 3.21. The molecule has 2 heterocycles. The van der Waals surface area contributed by atoms with Crippen molar-refractivity contribution in [3.63, 3.8) is 0 Å². The van der Waals surface area contributed by atoms with Crippen LogP contribution in [-0.4, -0.2) is 22.2 Å². The zero-order valence-corrected chi connectivity index (χ0v) is 9.39. The number of carbonyl (C=O) groups is 1. The molecule has 0 aliphatic rings. The number of nitrogens with zero attached hydrogens (tertiary/aromatic N) is 2. The maximum absolute atomic E-state index is 13.1. The van der Waals surface area contributed by atoms with Crippen molar-refractivity contribution in [2.24, 2.45) is 5.73 Å². The standard InChI is InChI=1S/C11H8F3N3O2/c12-11(13,14)9(6-2-1-3-16-5-6)8-4-7(10(15)18)17-19-8/h1-5,9H,(H2,15,18). The summed E-state index contributed by atoms with van der Waals surface area (Å²) < 4.78 is 43.8. The van der Waals surface area contributed by atoms with Crippen LogP contribution < -0.4 is 5.73 Å². The maximum Gasteiger partial charge on any atom is 0.402 e. The van der Waals surface area contributed by atoms with Gasteiger partial charge in [-0.25, -0.2) is 0 Å². The third kappa shape index (κ3) is 2.72. The highest BCUT2D eigenvalue weighted by Crippen LogP contribution is 2.39. The first-order chi connectivity index (χ1) is 8.89. The largest absolute Gasteiger partial charge is 0.402 e. The van der Waals surface area contributed by atoms with Gasteiger partial charge in [-0.3, -0.25) is 9.78 Å². The van der Waals surface area contributed by atoms with Crippen LogP contribution in [0.1, 0.15) is 27.7 Å². The van der Waals surface area contributed by atoms with Gasteiger partial charge in [-0.05, 0) is 11.6 Å². The van der Waals surface area contributed by atoms with Crippen molar-refractivity contribution in [2.75, 3.05) is 0 Å². The molecule has 1 amide bonds. The fraction of sp³-hybridized carbons (Fsp3) is 0.182. The van der Waals surface area contributed by atoms with Gasteiger partial charge in [0.15, 0.2) is 11.5 Å². The number of pyridine rings is 1. The van der Waals surface area contributed by atoms with E-state index in [1.165, 1.54) is 18.3 Å². The van der Waals surface area contributed by atoms with E-state index in [1.54, 1.807) is 0 Å². The van der Waals surface area contributed by atoms with Gasteiger partial charge in [0.2, 0.25) is 0 Å². The monoisotopic (exact) mass is 271 g/mol. The van der Waals surface area contributed by atoms with Gasteiger partial charge in [0.1, 0.15) is 5.92 Å². The van der Waals surface area contributed by atoms with Crippen molar-refractivity contribution in [1.82, 2.24) is 10.1 Å². The smallest absolute Gasteiger partial charge is 0.364 e. The van der Waals surface area contributed by atoms with Gasteiger partial charge in [0, 0.05) is 18.5 Å². The Morgan fingerprint density at radius 2 is 2.16 bits per heavy atom. The number of primary amides is 1. The molecular weight excluding hydrogens is 263 g/mol. The van der Waals surface area contributed by atoms with Crippen LogP contribution >= 0.6 is 0 Å². The van der Waals surface area contributed by atoms with Gasteiger partial charge in [-0.15, -0.1) is 0 Å². The van der Waals surface area contributed by atoms with E-state index in [0.29, 0.717) is 0 Å². The number of alkyl halides is 3. The first kappa shape index (κ1) is 13.1. The van der Waals surface area contributed by atoms with Crippen molar-refractivity contribution >= 4 is 5.91 Å². The maximum atomic E-state index is 13.1. The number of halogens is 3. The predicted molar refractivity (Wildman–Crippen MR) is 57.2 cm³/mol. The van der Waals surface area contributed by atoms with Crippen molar-refractivity contribution in [3.8, 4) is 0 Å². The van der Waals surface area contributed by atoms with Crippen LogP contribution in [0, 0.1) is 0 Å². The zero-order chi connectivity index (χ0) is 14.0. The number of hydrogen-bond acceptors (Lipinski definition) is 4. The molecule has 2 N–H and O–H groups in total. The molecule has 5 nitrogen and oxygen atoms in total. The van der Waals surface area contributed by atoms with Crippen LogP contribution in [0.2, 0.25) is 0 Å². The summed E-state index contributed by atoms with van der Waals surface area (Å²) in [7, 11) is 0. The van der Waals surface area contributed by atoms with Gasteiger partial charge in [-0.1, -0.05) is 11.2 Å². The average molecular weight is 271 g/mol. The summed E-state index contributed by atoms with van der Waals surface area (Å²) in [5.41, 5.74) is 4.46. The number of nitrogens with two attached hydrogens (primary N) is 1. The molecule has 0 radical (unpaired) electrons. The average Bonchev–Trinajstić information content (AvgIpc) is 2.78. The van der Waals surface area contributed by atoms with Gasteiger partial charge < -0.3 is 10.3 Å². The van der Waals surface area contributed by atoms with E-state index in [0.717, 1.165) is 12.3 Å². The predicted octanol–water partition coefficient (Wildman–Crippen LogP) is 1.86. The molecule has 0 saturated carbocycles. The number of hydrogen-bond donors (Lipinski definition) is 1. The van der Waals surface area contributed by atoms with E-state index in [2.05, 4.69) is 14.7 Å². The molecule has 0 spiro atoms. The molecule has 19 heavy (non-hydrogen) atoms. The topological polar surface area (TPSA) is 82.0 Å². The highest BCUT2D eigenvalue weighted by atomic mass is 19.4. The molecule has 0 aliphatic heterocycles. The Balaban J connectivity index is 2.47. The van der Waals surface area contributed by atoms with Crippen molar-refractivity contribution in [1.29, 1.82) is 0 Å². The third-order valence-corrected chi connectivity index (χ3v) is 2.41. The van der Waals surface area contributed by atoms with Gasteiger partial charge in [0.25, 0.3) is 5.91 Å². The Labute approximate surface area is 105 Å². The molecule has 2 aromatic rings. The second kappa shape index (κ2) is 4.71. The molecule has 1 atom stereocenters. The lowest BCUT2D eigenvalue weighted by Crippen LogP contribution is -2.21. The minimum absolute atomic E-state index is 0.109. The molecule has 0 aromatic carbocycles. The van der Waals surface area contributed by atoms with Gasteiger partial charge in [-0.2, -0.15) is 13.2 Å². The van der Waals surface area contributed by atoms with Crippen LogP contribution in [0.15, 0.2) is 35.1 Å². The summed E-state index contributed by atoms with van der Waals surface area (Å²) in [6.07, 6.45) is -2.17. The third-order valence-electron chi connectivity index (χ3n) is 2.41. The fourth-order valence-corrected chi connectivity index (χ4v) is 1.60. The van der Waals surface area contributed by atoms with Gasteiger partial charge >= 0.3 is 6.18 Å². The summed E-state index contributed by atoms with van der Waals surface area (Å²) in [6, 6.07) is 3.52. The van der Waals surface area contributed by atoms with E-state index in [1.807, 2.05) is 0 Å². The SMILES string of the molecule is NC(=O)c1cc(C(c2cccnc2)C(F)(F)F)on1. The van der Waals surface area contributed by atoms with Crippen LogP contribution in [0.3, 0.4) is 0 Å². The van der Waals surface area contributed by atoms with E-state index in [-0.39, 0.29) is 11.3 Å². The Morgan fingerprint density at radius 1 is 1.42 bits per heavy atom. The highest BCUT2D eigenvalue weighted by Gasteiger charge is 2.44. The summed E-state index contributed by atoms with van der Waals surface area (Å²) >= 11 is 0. The van der Waals surface area contributed by atoms with Crippen molar-refractivity contribution in [2.45, 2.75) is 12.1 Å². The Morgan fingerprint density at radius 3 is 2.63 bits per heavy atom. The first-order valence-corrected chi connectivity index (χ1v) is 5.12. The molecule has 0 fully saturated rings. The summed E-state index contributed by atoms with van der Waals surface area (Å²) in [4.78, 5) is 14.5. The Hall–Kier alpha value is -2.38. The summed E-state index contributed by atoms with van der Waals surface area (Å²) in [5.74, 6) is -3.50. The molecular formula is C11H8F3N3O2. The molecule has 8 heteroatoms.